The SMILES string of the molecule is c1ccc(OCCSc2nnc(C3CC3)n2C2CC2)cc1. The van der Waals surface area contributed by atoms with Gasteiger partial charge in [-0.1, -0.05) is 30.0 Å². The first-order valence-corrected chi connectivity index (χ1v) is 8.66. The molecule has 0 amide bonds. The third-order valence-electron chi connectivity index (χ3n) is 3.87. The molecule has 0 saturated heterocycles. The van der Waals surface area contributed by atoms with Crippen molar-refractivity contribution in [3.63, 3.8) is 0 Å². The molecule has 2 aliphatic rings. The van der Waals surface area contributed by atoms with Gasteiger partial charge in [-0.25, -0.2) is 0 Å². The molecule has 0 bridgehead atoms. The zero-order chi connectivity index (χ0) is 14.1. The molecular formula is C16H19N3OS. The second kappa shape index (κ2) is 5.72. The molecule has 2 aromatic rings. The summed E-state index contributed by atoms with van der Waals surface area (Å²) in [4.78, 5) is 0. The van der Waals surface area contributed by atoms with Gasteiger partial charge in [0.2, 0.25) is 0 Å². The number of para-hydroxylation sites is 1. The average molecular weight is 301 g/mol. The monoisotopic (exact) mass is 301 g/mol. The lowest BCUT2D eigenvalue weighted by atomic mass is 10.3. The van der Waals surface area contributed by atoms with E-state index in [2.05, 4.69) is 14.8 Å². The Labute approximate surface area is 128 Å². The van der Waals surface area contributed by atoms with Crippen LogP contribution < -0.4 is 4.74 Å². The van der Waals surface area contributed by atoms with E-state index in [0.29, 0.717) is 18.6 Å². The minimum Gasteiger partial charge on any atom is -0.493 e. The molecule has 2 aliphatic carbocycles. The van der Waals surface area contributed by atoms with Crippen LogP contribution in [0.5, 0.6) is 5.75 Å². The zero-order valence-electron chi connectivity index (χ0n) is 11.9. The fraction of sp³-hybridized carbons (Fsp3) is 0.500. The van der Waals surface area contributed by atoms with E-state index in [-0.39, 0.29) is 0 Å². The summed E-state index contributed by atoms with van der Waals surface area (Å²) >= 11 is 1.76. The summed E-state index contributed by atoms with van der Waals surface area (Å²) in [5, 5.41) is 9.91. The van der Waals surface area contributed by atoms with Crippen molar-refractivity contribution < 1.29 is 4.74 Å². The predicted octanol–water partition coefficient (Wildman–Crippen LogP) is 3.66. The van der Waals surface area contributed by atoms with E-state index in [0.717, 1.165) is 16.7 Å². The molecule has 21 heavy (non-hydrogen) atoms. The topological polar surface area (TPSA) is 39.9 Å². The van der Waals surface area contributed by atoms with Gasteiger partial charge < -0.3 is 9.30 Å². The van der Waals surface area contributed by atoms with Crippen LogP contribution in [0.3, 0.4) is 0 Å². The number of nitrogens with zero attached hydrogens (tertiary/aromatic N) is 3. The Hall–Kier alpha value is -1.49. The van der Waals surface area contributed by atoms with Gasteiger partial charge in [0.05, 0.1) is 6.61 Å². The number of aromatic nitrogens is 3. The molecule has 4 rings (SSSR count). The minimum absolute atomic E-state index is 0.660. The van der Waals surface area contributed by atoms with Gasteiger partial charge in [-0.05, 0) is 37.8 Å². The second-order valence-electron chi connectivity index (χ2n) is 5.73. The van der Waals surface area contributed by atoms with Crippen LogP contribution in [0.15, 0.2) is 35.5 Å². The van der Waals surface area contributed by atoms with Gasteiger partial charge >= 0.3 is 0 Å². The van der Waals surface area contributed by atoms with Crippen molar-refractivity contribution in [1.29, 1.82) is 0 Å². The molecule has 0 radical (unpaired) electrons. The van der Waals surface area contributed by atoms with Gasteiger partial charge in [0, 0.05) is 17.7 Å². The van der Waals surface area contributed by atoms with Crippen molar-refractivity contribution in [3.8, 4) is 5.75 Å². The Morgan fingerprint density at radius 2 is 1.90 bits per heavy atom. The summed E-state index contributed by atoms with van der Waals surface area (Å²) in [7, 11) is 0. The van der Waals surface area contributed by atoms with Crippen molar-refractivity contribution in [3.05, 3.63) is 36.2 Å². The Kier molecular flexibility index (Phi) is 3.59. The molecule has 0 N–H and O–H groups in total. The fourth-order valence-electron chi connectivity index (χ4n) is 2.49. The smallest absolute Gasteiger partial charge is 0.191 e. The number of hydrogen-bond donors (Lipinski definition) is 0. The molecule has 4 nitrogen and oxygen atoms in total. The summed E-state index contributed by atoms with van der Waals surface area (Å²) in [6.45, 7) is 0.699. The highest BCUT2D eigenvalue weighted by Gasteiger charge is 2.36. The number of hydrogen-bond acceptors (Lipinski definition) is 4. The summed E-state index contributed by atoms with van der Waals surface area (Å²) in [5.74, 6) is 3.74. The van der Waals surface area contributed by atoms with Crippen molar-refractivity contribution in [2.24, 2.45) is 0 Å². The van der Waals surface area contributed by atoms with E-state index < -0.39 is 0 Å². The first-order valence-electron chi connectivity index (χ1n) is 7.67. The van der Waals surface area contributed by atoms with E-state index in [9.17, 15) is 0 Å². The number of rotatable bonds is 7. The number of benzene rings is 1. The molecule has 110 valence electrons. The van der Waals surface area contributed by atoms with E-state index in [1.807, 2.05) is 30.3 Å². The van der Waals surface area contributed by atoms with Crippen molar-refractivity contribution >= 4 is 11.8 Å². The molecule has 0 spiro atoms. The van der Waals surface area contributed by atoms with Crippen LogP contribution in [0.2, 0.25) is 0 Å². The summed E-state index contributed by atoms with van der Waals surface area (Å²) in [6, 6.07) is 10.6. The van der Waals surface area contributed by atoms with Gasteiger partial charge in [0.15, 0.2) is 5.16 Å². The first-order chi connectivity index (χ1) is 10.4. The maximum Gasteiger partial charge on any atom is 0.191 e. The largest absolute Gasteiger partial charge is 0.493 e. The molecule has 1 heterocycles. The lowest BCUT2D eigenvalue weighted by molar-refractivity contribution is 0.344. The van der Waals surface area contributed by atoms with Crippen LogP contribution in [0.4, 0.5) is 0 Å². The zero-order valence-corrected chi connectivity index (χ0v) is 12.8. The Bertz CT molecular complexity index is 605. The van der Waals surface area contributed by atoms with Gasteiger partial charge in [-0.15, -0.1) is 10.2 Å². The summed E-state index contributed by atoms with van der Waals surface area (Å²) in [5.41, 5.74) is 0. The molecule has 0 aliphatic heterocycles. The van der Waals surface area contributed by atoms with Crippen LogP contribution in [-0.4, -0.2) is 27.1 Å². The Balaban J connectivity index is 1.34. The average Bonchev–Trinajstić information content (AvgIpc) is 3.43. The molecular weight excluding hydrogens is 282 g/mol. The molecule has 1 aromatic carbocycles. The highest BCUT2D eigenvalue weighted by molar-refractivity contribution is 7.99. The Morgan fingerprint density at radius 3 is 2.62 bits per heavy atom. The lowest BCUT2D eigenvalue weighted by Gasteiger charge is -2.08. The van der Waals surface area contributed by atoms with Crippen molar-refractivity contribution in [1.82, 2.24) is 14.8 Å². The quantitative estimate of drug-likeness (QED) is 0.578. The summed E-state index contributed by atoms with van der Waals surface area (Å²) in [6.07, 6.45) is 5.14. The third-order valence-corrected chi connectivity index (χ3v) is 4.78. The highest BCUT2D eigenvalue weighted by Crippen LogP contribution is 2.45. The van der Waals surface area contributed by atoms with Crippen molar-refractivity contribution in [2.75, 3.05) is 12.4 Å². The first kappa shape index (κ1) is 13.2. The maximum atomic E-state index is 5.73. The van der Waals surface area contributed by atoms with E-state index in [1.54, 1.807) is 11.8 Å². The second-order valence-corrected chi connectivity index (χ2v) is 6.79. The van der Waals surface area contributed by atoms with Crippen LogP contribution in [0.1, 0.15) is 43.5 Å². The summed E-state index contributed by atoms with van der Waals surface area (Å²) < 4.78 is 8.13. The normalized spacial score (nSPS) is 17.9. The molecule has 1 aromatic heterocycles. The molecule has 5 heteroatoms. The van der Waals surface area contributed by atoms with Crippen molar-refractivity contribution in [2.45, 2.75) is 42.8 Å². The predicted molar refractivity (Wildman–Crippen MR) is 82.9 cm³/mol. The third kappa shape index (κ3) is 3.07. The van der Waals surface area contributed by atoms with Crippen LogP contribution in [0, 0.1) is 0 Å². The van der Waals surface area contributed by atoms with Crippen LogP contribution >= 0.6 is 11.8 Å². The van der Waals surface area contributed by atoms with E-state index in [4.69, 9.17) is 4.74 Å². The number of thioether (sulfide) groups is 1. The maximum absolute atomic E-state index is 5.73. The van der Waals surface area contributed by atoms with Crippen LogP contribution in [0.25, 0.3) is 0 Å². The fourth-order valence-corrected chi connectivity index (χ4v) is 3.32. The van der Waals surface area contributed by atoms with Gasteiger partial charge in [-0.3, -0.25) is 0 Å². The van der Waals surface area contributed by atoms with Gasteiger partial charge in [-0.2, -0.15) is 0 Å². The lowest BCUT2D eigenvalue weighted by Crippen LogP contribution is -2.04. The number of ether oxygens (including phenoxy) is 1. The van der Waals surface area contributed by atoms with Crippen LogP contribution in [-0.2, 0) is 0 Å². The molecule has 2 saturated carbocycles. The molecule has 2 fully saturated rings. The van der Waals surface area contributed by atoms with Gasteiger partial charge in [0.1, 0.15) is 11.6 Å². The highest BCUT2D eigenvalue weighted by atomic mass is 32.2. The van der Waals surface area contributed by atoms with Gasteiger partial charge in [0.25, 0.3) is 0 Å². The molecule has 0 unspecified atom stereocenters. The Morgan fingerprint density at radius 1 is 1.10 bits per heavy atom. The van der Waals surface area contributed by atoms with E-state index >= 15 is 0 Å². The molecule has 0 atom stereocenters. The standard InChI is InChI=1S/C16H19N3OS/c1-2-4-14(5-3-1)20-10-11-21-16-18-17-15(12-6-7-12)19(16)13-8-9-13/h1-5,12-13H,6-11H2. The minimum atomic E-state index is 0.660. The van der Waals surface area contributed by atoms with E-state index in [1.165, 1.54) is 31.5 Å².